The molecule has 1 heterocycles. The van der Waals surface area contributed by atoms with Crippen LogP contribution in [-0.2, 0) is 11.4 Å². The van der Waals surface area contributed by atoms with E-state index in [1.165, 1.54) is 11.8 Å². The zero-order chi connectivity index (χ0) is 18.6. The Morgan fingerprint density at radius 1 is 1.32 bits per heavy atom. The van der Waals surface area contributed by atoms with E-state index in [0.717, 1.165) is 5.56 Å². The van der Waals surface area contributed by atoms with Gasteiger partial charge >= 0.3 is 5.97 Å². The SMILES string of the molecule is CSc1cccc(C(N[S+]([O-])C(C)(C)C)c2cccnc2)c1C(=O)O. The second-order valence-corrected chi connectivity index (χ2v) is 9.29. The number of pyridine rings is 1. The van der Waals surface area contributed by atoms with Crippen molar-refractivity contribution in [2.45, 2.75) is 36.5 Å². The van der Waals surface area contributed by atoms with E-state index in [4.69, 9.17) is 0 Å². The predicted molar refractivity (Wildman–Crippen MR) is 102 cm³/mol. The quantitative estimate of drug-likeness (QED) is 0.590. The Morgan fingerprint density at radius 2 is 2.04 bits per heavy atom. The molecule has 0 fully saturated rings. The Balaban J connectivity index is 2.59. The molecule has 25 heavy (non-hydrogen) atoms. The fourth-order valence-electron chi connectivity index (χ4n) is 2.33. The third-order valence-electron chi connectivity index (χ3n) is 3.60. The molecule has 134 valence electrons. The van der Waals surface area contributed by atoms with Crippen LogP contribution in [0.3, 0.4) is 0 Å². The van der Waals surface area contributed by atoms with Crippen molar-refractivity contribution < 1.29 is 14.5 Å². The van der Waals surface area contributed by atoms with Crippen LogP contribution in [0, 0.1) is 0 Å². The van der Waals surface area contributed by atoms with Gasteiger partial charge in [-0.2, -0.15) is 0 Å². The molecule has 7 heteroatoms. The van der Waals surface area contributed by atoms with Gasteiger partial charge in [-0.1, -0.05) is 18.2 Å². The lowest BCUT2D eigenvalue weighted by Crippen LogP contribution is -2.42. The van der Waals surface area contributed by atoms with Gasteiger partial charge in [0.15, 0.2) is 0 Å². The van der Waals surface area contributed by atoms with Crippen molar-refractivity contribution in [1.29, 1.82) is 0 Å². The average molecular weight is 379 g/mol. The molecule has 0 aliphatic carbocycles. The molecule has 0 aliphatic heterocycles. The third kappa shape index (κ3) is 4.76. The number of carbonyl (C=O) groups is 1. The minimum absolute atomic E-state index is 0.224. The van der Waals surface area contributed by atoms with E-state index in [-0.39, 0.29) is 5.56 Å². The van der Waals surface area contributed by atoms with Crippen LogP contribution in [0.1, 0.15) is 48.3 Å². The van der Waals surface area contributed by atoms with Gasteiger partial charge in [-0.15, -0.1) is 16.5 Å². The lowest BCUT2D eigenvalue weighted by Gasteiger charge is -2.29. The number of thioether (sulfide) groups is 1. The topological polar surface area (TPSA) is 85.3 Å². The van der Waals surface area contributed by atoms with E-state index in [0.29, 0.717) is 10.5 Å². The maximum absolute atomic E-state index is 12.7. The summed E-state index contributed by atoms with van der Waals surface area (Å²) in [4.78, 5) is 16.7. The van der Waals surface area contributed by atoms with E-state index in [1.807, 2.05) is 39.2 Å². The van der Waals surface area contributed by atoms with E-state index in [2.05, 4.69) is 9.71 Å². The molecule has 0 radical (unpaired) electrons. The molecule has 1 aromatic heterocycles. The van der Waals surface area contributed by atoms with E-state index < -0.39 is 28.1 Å². The summed E-state index contributed by atoms with van der Waals surface area (Å²) < 4.78 is 15.3. The number of hydrogen-bond donors (Lipinski definition) is 2. The summed E-state index contributed by atoms with van der Waals surface area (Å²) in [6.45, 7) is 5.60. The lowest BCUT2D eigenvalue weighted by molar-refractivity contribution is 0.0691. The fourth-order valence-corrected chi connectivity index (χ4v) is 3.78. The van der Waals surface area contributed by atoms with Crippen LogP contribution in [0.2, 0.25) is 0 Å². The summed E-state index contributed by atoms with van der Waals surface area (Å²) in [6, 6.07) is 8.45. The summed E-state index contributed by atoms with van der Waals surface area (Å²) in [5, 5.41) is 9.73. The number of benzene rings is 1. The van der Waals surface area contributed by atoms with E-state index >= 15 is 0 Å². The molecule has 0 saturated carbocycles. The van der Waals surface area contributed by atoms with Gasteiger partial charge in [-0.3, -0.25) is 4.98 Å². The number of aromatic nitrogens is 1. The summed E-state index contributed by atoms with van der Waals surface area (Å²) in [5.74, 6) is -1.00. The molecule has 2 N–H and O–H groups in total. The highest BCUT2D eigenvalue weighted by atomic mass is 32.2. The minimum atomic E-state index is -1.38. The zero-order valence-corrected chi connectivity index (χ0v) is 16.3. The molecule has 2 unspecified atom stereocenters. The smallest absolute Gasteiger partial charge is 0.337 e. The normalized spacial score (nSPS) is 14.1. The highest BCUT2D eigenvalue weighted by Crippen LogP contribution is 2.32. The van der Waals surface area contributed by atoms with Crippen molar-refractivity contribution in [2.24, 2.45) is 0 Å². The Hall–Kier alpha value is -1.54. The number of nitrogens with zero attached hydrogens (tertiary/aromatic N) is 1. The maximum Gasteiger partial charge on any atom is 0.337 e. The Kier molecular flexibility index (Phi) is 6.51. The number of nitrogens with one attached hydrogen (secondary N) is 1. The van der Waals surface area contributed by atoms with Crippen LogP contribution in [0.15, 0.2) is 47.6 Å². The number of hydrogen-bond acceptors (Lipinski definition) is 5. The summed E-state index contributed by atoms with van der Waals surface area (Å²) >= 11 is -0.00110. The highest BCUT2D eigenvalue weighted by molar-refractivity contribution is 7.98. The summed E-state index contributed by atoms with van der Waals surface area (Å²) in [7, 11) is 0. The molecule has 0 spiro atoms. The molecular formula is C18H22N2O3S2. The van der Waals surface area contributed by atoms with Gasteiger partial charge in [-0.25, -0.2) is 4.79 Å². The molecule has 5 nitrogen and oxygen atoms in total. The number of carboxylic acid groups (broad SMARTS) is 1. The van der Waals surface area contributed by atoms with Gasteiger partial charge in [0.2, 0.25) is 0 Å². The van der Waals surface area contributed by atoms with Crippen LogP contribution in [-0.4, -0.2) is 31.6 Å². The Labute approximate surface area is 155 Å². The minimum Gasteiger partial charge on any atom is -0.598 e. The predicted octanol–water partition coefficient (Wildman–Crippen LogP) is 3.64. The number of rotatable bonds is 6. The molecule has 0 bridgehead atoms. The molecule has 0 amide bonds. The lowest BCUT2D eigenvalue weighted by atomic mass is 9.96. The molecule has 1 aromatic carbocycles. The fraction of sp³-hybridized carbons (Fsp3) is 0.333. The van der Waals surface area contributed by atoms with E-state index in [9.17, 15) is 14.5 Å². The van der Waals surface area contributed by atoms with Crippen molar-refractivity contribution in [3.05, 3.63) is 59.4 Å². The molecule has 2 aromatic rings. The first-order valence-electron chi connectivity index (χ1n) is 7.74. The van der Waals surface area contributed by atoms with Crippen molar-refractivity contribution in [3.8, 4) is 0 Å². The average Bonchev–Trinajstić information content (AvgIpc) is 2.58. The largest absolute Gasteiger partial charge is 0.598 e. The second kappa shape index (κ2) is 8.23. The Morgan fingerprint density at radius 3 is 2.56 bits per heavy atom. The zero-order valence-electron chi connectivity index (χ0n) is 14.6. The molecule has 2 rings (SSSR count). The molecule has 0 aliphatic rings. The van der Waals surface area contributed by atoms with Crippen LogP contribution >= 0.6 is 11.8 Å². The van der Waals surface area contributed by atoms with Gasteiger partial charge in [0, 0.05) is 28.7 Å². The summed E-state index contributed by atoms with van der Waals surface area (Å²) in [6.07, 6.45) is 5.15. The Bertz CT molecular complexity index is 733. The van der Waals surface area contributed by atoms with Crippen molar-refractivity contribution in [3.63, 3.8) is 0 Å². The van der Waals surface area contributed by atoms with E-state index in [1.54, 1.807) is 30.6 Å². The van der Waals surface area contributed by atoms with Gasteiger partial charge in [0.1, 0.15) is 10.8 Å². The second-order valence-electron chi connectivity index (χ2n) is 6.45. The number of aromatic carboxylic acids is 1. The van der Waals surface area contributed by atoms with Crippen LogP contribution in [0.25, 0.3) is 0 Å². The molecule has 2 atom stereocenters. The first-order chi connectivity index (χ1) is 11.8. The van der Waals surface area contributed by atoms with Gasteiger partial charge in [0.25, 0.3) is 0 Å². The number of carboxylic acids is 1. The first-order valence-corrected chi connectivity index (χ1v) is 10.1. The third-order valence-corrected chi connectivity index (χ3v) is 5.94. The van der Waals surface area contributed by atoms with Crippen LogP contribution in [0.4, 0.5) is 0 Å². The molecular weight excluding hydrogens is 356 g/mol. The van der Waals surface area contributed by atoms with Crippen molar-refractivity contribution in [1.82, 2.24) is 9.71 Å². The summed E-state index contributed by atoms with van der Waals surface area (Å²) in [5.41, 5.74) is 1.56. The van der Waals surface area contributed by atoms with Crippen molar-refractivity contribution >= 4 is 29.1 Å². The van der Waals surface area contributed by atoms with Gasteiger partial charge in [0.05, 0.1) is 5.56 Å². The van der Waals surface area contributed by atoms with Gasteiger partial charge < -0.3 is 9.66 Å². The van der Waals surface area contributed by atoms with Crippen LogP contribution < -0.4 is 4.72 Å². The van der Waals surface area contributed by atoms with Crippen LogP contribution in [0.5, 0.6) is 0 Å². The maximum atomic E-state index is 12.7. The van der Waals surface area contributed by atoms with Gasteiger partial charge in [-0.05, 0) is 50.3 Å². The first kappa shape index (κ1) is 19.8. The monoisotopic (exact) mass is 378 g/mol. The highest BCUT2D eigenvalue weighted by Gasteiger charge is 2.32. The van der Waals surface area contributed by atoms with Crippen molar-refractivity contribution in [2.75, 3.05) is 6.26 Å². The standard InChI is InChI=1S/C18H22N2O3S2/c1-18(2,3)25(23)20-16(12-7-6-10-19-11-12)13-8-5-9-14(24-4)15(13)17(21)22/h5-11,16,20H,1-4H3,(H,21,22). The molecule has 0 saturated heterocycles.